The molecule has 0 rings (SSSR count). The van der Waals surface area contributed by atoms with Crippen molar-refractivity contribution in [2.75, 3.05) is 24.3 Å². The van der Waals surface area contributed by atoms with Crippen LogP contribution in [-0.4, -0.2) is 32.7 Å². The summed E-state index contributed by atoms with van der Waals surface area (Å²) in [4.78, 5) is 0. The first-order chi connectivity index (χ1) is 6.62. The second-order valence-electron chi connectivity index (χ2n) is 2.86. The lowest BCUT2D eigenvalue weighted by molar-refractivity contribution is 0.579. The van der Waals surface area contributed by atoms with E-state index in [0.717, 1.165) is 25.0 Å². The molecular weight excluding hydrogens is 220 g/mol. The van der Waals surface area contributed by atoms with Crippen LogP contribution in [0.4, 0.5) is 0 Å². The van der Waals surface area contributed by atoms with E-state index in [1.807, 2.05) is 0 Å². The molecule has 0 saturated heterocycles. The van der Waals surface area contributed by atoms with Crippen LogP contribution in [0.15, 0.2) is 0 Å². The average molecular weight is 236 g/mol. The quantitative estimate of drug-likeness (QED) is 0.637. The van der Waals surface area contributed by atoms with Gasteiger partial charge in [-0.2, -0.15) is 17.0 Å². The van der Waals surface area contributed by atoms with Crippen molar-refractivity contribution in [2.24, 2.45) is 0 Å². The number of nitriles is 1. The topological polar surface area (TPSA) is 70.0 Å². The number of nitrogens with one attached hydrogen (secondary N) is 1. The highest BCUT2D eigenvalue weighted by Gasteiger charge is 2.06. The van der Waals surface area contributed by atoms with Crippen LogP contribution < -0.4 is 4.72 Å². The van der Waals surface area contributed by atoms with Crippen molar-refractivity contribution < 1.29 is 8.42 Å². The van der Waals surface area contributed by atoms with E-state index in [-0.39, 0.29) is 0 Å². The lowest BCUT2D eigenvalue weighted by Gasteiger charge is -2.02. The van der Waals surface area contributed by atoms with E-state index in [9.17, 15) is 8.42 Å². The van der Waals surface area contributed by atoms with Crippen LogP contribution in [0.1, 0.15) is 19.3 Å². The Labute approximate surface area is 90.1 Å². The first-order valence-electron chi connectivity index (χ1n) is 4.45. The van der Waals surface area contributed by atoms with E-state index in [1.165, 1.54) is 0 Å². The second kappa shape index (κ2) is 8.09. The molecule has 0 aromatic carbocycles. The first-order valence-corrected chi connectivity index (χ1v) is 7.50. The van der Waals surface area contributed by atoms with Crippen LogP contribution in [-0.2, 0) is 10.0 Å². The summed E-state index contributed by atoms with van der Waals surface area (Å²) in [6, 6.07) is 1.62. The summed E-state index contributed by atoms with van der Waals surface area (Å²) in [5.74, 6) is 0.669. The molecule has 0 atom stereocenters. The SMILES string of the molecule is CSCCCCCNS(=O)(=O)CC#N. The Morgan fingerprint density at radius 3 is 2.64 bits per heavy atom. The molecule has 0 aromatic heterocycles. The molecule has 6 heteroatoms. The highest BCUT2D eigenvalue weighted by atomic mass is 32.2. The average Bonchev–Trinajstić information content (AvgIpc) is 2.11. The summed E-state index contributed by atoms with van der Waals surface area (Å²) in [6.07, 6.45) is 5.03. The molecule has 0 aliphatic carbocycles. The summed E-state index contributed by atoms with van der Waals surface area (Å²) < 4.78 is 24.3. The van der Waals surface area contributed by atoms with Crippen LogP contribution in [0.25, 0.3) is 0 Å². The van der Waals surface area contributed by atoms with E-state index in [2.05, 4.69) is 11.0 Å². The number of hydrogen-bond donors (Lipinski definition) is 1. The van der Waals surface area contributed by atoms with E-state index in [0.29, 0.717) is 6.54 Å². The Balaban J connectivity index is 3.41. The Bertz CT molecular complexity index is 270. The smallest absolute Gasteiger partial charge is 0.214 e. The molecule has 0 aliphatic rings. The van der Waals surface area contributed by atoms with Crippen LogP contribution in [0.3, 0.4) is 0 Å². The minimum atomic E-state index is -3.34. The molecule has 0 unspecified atom stereocenters. The third kappa shape index (κ3) is 8.35. The summed E-state index contributed by atoms with van der Waals surface area (Å²) in [5, 5.41) is 8.20. The minimum Gasteiger partial charge on any atom is -0.214 e. The molecule has 0 spiro atoms. The van der Waals surface area contributed by atoms with Crippen molar-refractivity contribution >= 4 is 21.8 Å². The zero-order valence-corrected chi connectivity index (χ0v) is 9.96. The molecule has 0 bridgehead atoms. The largest absolute Gasteiger partial charge is 0.225 e. The summed E-state index contributed by atoms with van der Waals surface area (Å²) >= 11 is 1.79. The fraction of sp³-hybridized carbons (Fsp3) is 0.875. The maximum absolute atomic E-state index is 11.0. The van der Waals surface area contributed by atoms with Gasteiger partial charge in [0, 0.05) is 6.54 Å². The van der Waals surface area contributed by atoms with Crippen molar-refractivity contribution in [3.8, 4) is 6.07 Å². The van der Waals surface area contributed by atoms with Crippen LogP contribution in [0.2, 0.25) is 0 Å². The van der Waals surface area contributed by atoms with E-state index in [4.69, 9.17) is 5.26 Å². The molecule has 4 nitrogen and oxygen atoms in total. The zero-order valence-electron chi connectivity index (χ0n) is 8.32. The van der Waals surface area contributed by atoms with Crippen molar-refractivity contribution in [3.63, 3.8) is 0 Å². The van der Waals surface area contributed by atoms with Crippen molar-refractivity contribution in [3.05, 3.63) is 0 Å². The Kier molecular flexibility index (Phi) is 7.95. The van der Waals surface area contributed by atoms with Gasteiger partial charge in [-0.3, -0.25) is 0 Å². The van der Waals surface area contributed by atoms with Crippen molar-refractivity contribution in [2.45, 2.75) is 19.3 Å². The number of hydrogen-bond acceptors (Lipinski definition) is 4. The number of nitrogens with zero attached hydrogens (tertiary/aromatic N) is 1. The lowest BCUT2D eigenvalue weighted by Crippen LogP contribution is -2.26. The van der Waals surface area contributed by atoms with E-state index < -0.39 is 15.8 Å². The molecule has 1 N–H and O–H groups in total. The molecule has 82 valence electrons. The molecule has 0 fully saturated rings. The summed E-state index contributed by atoms with van der Waals surface area (Å²) in [6.45, 7) is 0.443. The lowest BCUT2D eigenvalue weighted by atomic mass is 10.2. The van der Waals surface area contributed by atoms with Crippen LogP contribution >= 0.6 is 11.8 Å². The van der Waals surface area contributed by atoms with Gasteiger partial charge in [0.05, 0.1) is 6.07 Å². The molecule has 0 heterocycles. The highest BCUT2D eigenvalue weighted by molar-refractivity contribution is 7.98. The Morgan fingerprint density at radius 2 is 2.07 bits per heavy atom. The van der Waals surface area contributed by atoms with Gasteiger partial charge in [0.15, 0.2) is 5.75 Å². The van der Waals surface area contributed by atoms with Crippen molar-refractivity contribution in [1.82, 2.24) is 4.72 Å². The minimum absolute atomic E-state index is 0.443. The van der Waals surface area contributed by atoms with E-state index in [1.54, 1.807) is 17.8 Å². The maximum Gasteiger partial charge on any atom is 0.225 e. The zero-order chi connectivity index (χ0) is 10.9. The fourth-order valence-corrected chi connectivity index (χ4v) is 2.13. The van der Waals surface area contributed by atoms with Crippen LogP contribution in [0, 0.1) is 11.3 Å². The van der Waals surface area contributed by atoms with Gasteiger partial charge in [0.2, 0.25) is 10.0 Å². The number of sulfonamides is 1. The van der Waals surface area contributed by atoms with Gasteiger partial charge in [-0.15, -0.1) is 0 Å². The fourth-order valence-electron chi connectivity index (χ4n) is 0.912. The van der Waals surface area contributed by atoms with E-state index >= 15 is 0 Å². The first kappa shape index (κ1) is 13.8. The third-order valence-electron chi connectivity index (χ3n) is 1.60. The standard InChI is InChI=1S/C8H16N2O2S2/c1-13-7-4-2-3-6-10-14(11,12)8-5-9/h10H,2-4,6-8H2,1H3. The van der Waals surface area contributed by atoms with Gasteiger partial charge >= 0.3 is 0 Å². The van der Waals surface area contributed by atoms with Gasteiger partial charge in [-0.25, -0.2) is 13.1 Å². The molecular formula is C8H16N2O2S2. The normalized spacial score (nSPS) is 11.1. The van der Waals surface area contributed by atoms with Gasteiger partial charge in [0.25, 0.3) is 0 Å². The molecule has 0 aromatic rings. The predicted octanol–water partition coefficient (Wildman–Crippen LogP) is 0.963. The third-order valence-corrected chi connectivity index (χ3v) is 3.45. The van der Waals surface area contributed by atoms with Gasteiger partial charge in [-0.1, -0.05) is 6.42 Å². The molecule has 0 radical (unpaired) electrons. The molecule has 14 heavy (non-hydrogen) atoms. The van der Waals surface area contributed by atoms with Gasteiger partial charge < -0.3 is 0 Å². The number of unbranched alkanes of at least 4 members (excludes halogenated alkanes) is 2. The summed E-state index contributed by atoms with van der Waals surface area (Å²) in [7, 11) is -3.34. The molecule has 0 aliphatic heterocycles. The second-order valence-corrected chi connectivity index (χ2v) is 5.66. The maximum atomic E-state index is 11.0. The predicted molar refractivity (Wildman–Crippen MR) is 59.6 cm³/mol. The van der Waals surface area contributed by atoms with Gasteiger partial charge in [-0.05, 0) is 24.9 Å². The van der Waals surface area contributed by atoms with Crippen LogP contribution in [0.5, 0.6) is 0 Å². The molecule has 0 saturated carbocycles. The number of thioether (sulfide) groups is 1. The summed E-state index contributed by atoms with van der Waals surface area (Å²) in [5.41, 5.74) is 0. The Hall–Kier alpha value is -0.250. The monoisotopic (exact) mass is 236 g/mol. The Morgan fingerprint density at radius 1 is 1.36 bits per heavy atom. The van der Waals surface area contributed by atoms with Crippen molar-refractivity contribution in [1.29, 1.82) is 5.26 Å². The molecule has 0 amide bonds. The van der Waals surface area contributed by atoms with Gasteiger partial charge in [0.1, 0.15) is 0 Å². The highest BCUT2D eigenvalue weighted by Crippen LogP contribution is 2.01. The number of rotatable bonds is 8.